The lowest BCUT2D eigenvalue weighted by Crippen LogP contribution is -2.46. The molecular weight excluding hydrogens is 358 g/mol. The first-order chi connectivity index (χ1) is 13.6. The molecule has 2 atom stereocenters. The molecule has 1 aliphatic carbocycles. The summed E-state index contributed by atoms with van der Waals surface area (Å²) in [5.41, 5.74) is 2.13. The number of carbonyl (C=O) groups is 3. The minimum absolute atomic E-state index is 0.0364. The number of hydrogen-bond donors (Lipinski definition) is 1. The lowest BCUT2D eigenvalue weighted by atomic mass is 9.80. The van der Waals surface area contributed by atoms with Crippen LogP contribution in [0.1, 0.15) is 32.7 Å². The van der Waals surface area contributed by atoms with E-state index in [1.54, 1.807) is 24.3 Å². The van der Waals surface area contributed by atoms with Gasteiger partial charge in [-0.2, -0.15) is 0 Å². The quantitative estimate of drug-likeness (QED) is 0.885. The molecule has 2 aliphatic rings. The van der Waals surface area contributed by atoms with Gasteiger partial charge in [0.05, 0.1) is 5.57 Å². The van der Waals surface area contributed by atoms with Gasteiger partial charge in [-0.15, -0.1) is 0 Å². The molecule has 1 aliphatic heterocycles. The number of methoxy groups -OCH3 is 1. The van der Waals surface area contributed by atoms with E-state index in [-0.39, 0.29) is 29.5 Å². The smallest absolute Gasteiger partial charge is 0.249 e. The second kappa shape index (κ2) is 7.50. The van der Waals surface area contributed by atoms with Gasteiger partial charge in [0.25, 0.3) is 0 Å². The van der Waals surface area contributed by atoms with Crippen molar-refractivity contribution in [2.75, 3.05) is 7.11 Å². The van der Waals surface area contributed by atoms with Crippen molar-refractivity contribution in [3.63, 3.8) is 0 Å². The Kier molecular flexibility index (Phi) is 4.90. The maximum Gasteiger partial charge on any atom is 0.249 e. The van der Waals surface area contributed by atoms with E-state index >= 15 is 0 Å². The summed E-state index contributed by atoms with van der Waals surface area (Å²) in [6.45, 7) is 0.346. The van der Waals surface area contributed by atoms with Gasteiger partial charge in [0.1, 0.15) is 6.10 Å². The van der Waals surface area contributed by atoms with E-state index in [0.717, 1.165) is 5.56 Å². The van der Waals surface area contributed by atoms with Gasteiger partial charge in [0, 0.05) is 36.8 Å². The summed E-state index contributed by atoms with van der Waals surface area (Å²) >= 11 is 0. The third-order valence-electron chi connectivity index (χ3n) is 4.99. The second-order valence-corrected chi connectivity index (χ2v) is 6.70. The van der Waals surface area contributed by atoms with Crippen molar-refractivity contribution in [2.24, 2.45) is 0 Å². The average Bonchev–Trinajstić information content (AvgIpc) is 2.75. The topological polar surface area (TPSA) is 81.7 Å². The van der Waals surface area contributed by atoms with Crippen LogP contribution in [0.25, 0.3) is 0 Å². The summed E-state index contributed by atoms with van der Waals surface area (Å²) < 4.78 is 11.0. The number of benzene rings is 2. The standard InChI is InChI=1S/C22H19NO5/c1-27-22-18-16(19(24)14-9-5-6-10-15(14)20(18)25)11-17(28-22)21(26)23-12-13-7-3-2-4-8-13/h2-10,17,22H,11-12H2,1H3,(H,23,26). The normalized spacial score (nSPS) is 21.2. The van der Waals surface area contributed by atoms with E-state index in [2.05, 4.69) is 5.32 Å². The van der Waals surface area contributed by atoms with E-state index in [9.17, 15) is 14.4 Å². The van der Waals surface area contributed by atoms with Crippen LogP contribution >= 0.6 is 0 Å². The fraction of sp³-hybridized carbons (Fsp3) is 0.227. The van der Waals surface area contributed by atoms with Gasteiger partial charge < -0.3 is 14.8 Å². The van der Waals surface area contributed by atoms with E-state index in [1.807, 2.05) is 30.3 Å². The summed E-state index contributed by atoms with van der Waals surface area (Å²) in [5, 5.41) is 2.82. The first kappa shape index (κ1) is 18.3. The lowest BCUT2D eigenvalue weighted by molar-refractivity contribution is -0.161. The fourth-order valence-electron chi connectivity index (χ4n) is 3.58. The molecule has 1 heterocycles. The monoisotopic (exact) mass is 377 g/mol. The number of fused-ring (bicyclic) bond motifs is 1. The maximum atomic E-state index is 13.0. The number of ether oxygens (including phenoxy) is 2. The number of hydrogen-bond acceptors (Lipinski definition) is 5. The molecule has 4 rings (SSSR count). The van der Waals surface area contributed by atoms with Crippen molar-refractivity contribution in [3.8, 4) is 0 Å². The van der Waals surface area contributed by atoms with Crippen LogP contribution in [-0.2, 0) is 20.8 Å². The SMILES string of the molecule is COC1OC(C(=O)NCc2ccccc2)CC2=C1C(=O)c1ccccc1C2=O. The van der Waals surface area contributed by atoms with E-state index in [1.165, 1.54) is 7.11 Å². The summed E-state index contributed by atoms with van der Waals surface area (Å²) in [6, 6.07) is 16.2. The molecule has 2 unspecified atom stereocenters. The predicted octanol–water partition coefficient (Wildman–Crippen LogP) is 2.44. The highest BCUT2D eigenvalue weighted by Gasteiger charge is 2.43. The summed E-state index contributed by atoms with van der Waals surface area (Å²) in [6.07, 6.45) is -1.93. The Morgan fingerprint density at radius 2 is 1.68 bits per heavy atom. The van der Waals surface area contributed by atoms with E-state index in [4.69, 9.17) is 9.47 Å². The van der Waals surface area contributed by atoms with Crippen molar-refractivity contribution in [2.45, 2.75) is 25.4 Å². The van der Waals surface area contributed by atoms with Crippen molar-refractivity contribution >= 4 is 17.5 Å². The number of rotatable bonds is 4. The zero-order valence-corrected chi connectivity index (χ0v) is 15.3. The third-order valence-corrected chi connectivity index (χ3v) is 4.99. The Morgan fingerprint density at radius 1 is 1.04 bits per heavy atom. The highest BCUT2D eigenvalue weighted by Crippen LogP contribution is 2.36. The van der Waals surface area contributed by atoms with Crippen molar-refractivity contribution in [1.29, 1.82) is 0 Å². The maximum absolute atomic E-state index is 13.0. The molecule has 0 saturated carbocycles. The van der Waals surface area contributed by atoms with Gasteiger partial charge in [-0.1, -0.05) is 54.6 Å². The van der Waals surface area contributed by atoms with Gasteiger partial charge in [0.2, 0.25) is 5.91 Å². The molecule has 0 fully saturated rings. The number of Topliss-reactive ketones (excluding diaryl/α,β-unsaturated/α-hetero) is 2. The average molecular weight is 377 g/mol. The minimum atomic E-state index is -1.05. The summed E-state index contributed by atoms with van der Waals surface area (Å²) in [5.74, 6) is -0.895. The van der Waals surface area contributed by atoms with Gasteiger partial charge in [-0.25, -0.2) is 0 Å². The first-order valence-corrected chi connectivity index (χ1v) is 9.01. The van der Waals surface area contributed by atoms with E-state index in [0.29, 0.717) is 23.2 Å². The molecule has 0 radical (unpaired) electrons. The third kappa shape index (κ3) is 3.17. The molecule has 6 heteroatoms. The molecule has 1 amide bonds. The molecule has 142 valence electrons. The van der Waals surface area contributed by atoms with E-state index < -0.39 is 12.4 Å². The Hall–Kier alpha value is -3.09. The minimum Gasteiger partial charge on any atom is -0.351 e. The number of ketones is 2. The molecular formula is C22H19NO5. The largest absolute Gasteiger partial charge is 0.351 e. The fourth-order valence-corrected chi connectivity index (χ4v) is 3.58. The molecule has 6 nitrogen and oxygen atoms in total. The molecule has 1 N–H and O–H groups in total. The molecule has 2 aromatic rings. The first-order valence-electron chi connectivity index (χ1n) is 9.01. The molecule has 0 spiro atoms. The Bertz CT molecular complexity index is 979. The van der Waals surface area contributed by atoms with Crippen LogP contribution in [0.2, 0.25) is 0 Å². The summed E-state index contributed by atoms with van der Waals surface area (Å²) in [4.78, 5) is 38.5. The highest BCUT2D eigenvalue weighted by molar-refractivity contribution is 6.27. The predicted molar refractivity (Wildman–Crippen MR) is 101 cm³/mol. The highest BCUT2D eigenvalue weighted by atomic mass is 16.7. The summed E-state index contributed by atoms with van der Waals surface area (Å²) in [7, 11) is 1.39. The zero-order chi connectivity index (χ0) is 19.7. The van der Waals surface area contributed by atoms with Crippen LogP contribution in [-0.4, -0.2) is 37.0 Å². The van der Waals surface area contributed by atoms with Crippen LogP contribution in [0.4, 0.5) is 0 Å². The second-order valence-electron chi connectivity index (χ2n) is 6.70. The van der Waals surface area contributed by atoms with Gasteiger partial charge in [0.15, 0.2) is 17.9 Å². The number of carbonyl (C=O) groups excluding carboxylic acids is 3. The van der Waals surface area contributed by atoms with Crippen LogP contribution in [0.15, 0.2) is 65.7 Å². The van der Waals surface area contributed by atoms with Crippen molar-refractivity contribution < 1.29 is 23.9 Å². The van der Waals surface area contributed by atoms with Crippen molar-refractivity contribution in [1.82, 2.24) is 5.32 Å². The Morgan fingerprint density at radius 3 is 2.36 bits per heavy atom. The Labute approximate surface area is 162 Å². The molecule has 0 saturated heterocycles. The van der Waals surface area contributed by atoms with Crippen LogP contribution in [0.5, 0.6) is 0 Å². The molecule has 0 bridgehead atoms. The van der Waals surface area contributed by atoms with Crippen LogP contribution in [0, 0.1) is 0 Å². The van der Waals surface area contributed by atoms with Crippen molar-refractivity contribution in [3.05, 3.63) is 82.4 Å². The lowest BCUT2D eigenvalue weighted by Gasteiger charge is -2.34. The number of amides is 1. The molecule has 2 aromatic carbocycles. The van der Waals surface area contributed by atoms with Gasteiger partial charge in [-0.05, 0) is 5.56 Å². The zero-order valence-electron chi connectivity index (χ0n) is 15.3. The van der Waals surface area contributed by atoms with Gasteiger partial charge >= 0.3 is 0 Å². The molecule has 28 heavy (non-hydrogen) atoms. The van der Waals surface area contributed by atoms with Crippen LogP contribution in [0.3, 0.4) is 0 Å². The number of nitrogens with one attached hydrogen (secondary N) is 1. The molecule has 0 aromatic heterocycles. The Balaban J connectivity index is 1.58. The van der Waals surface area contributed by atoms with Gasteiger partial charge in [-0.3, -0.25) is 14.4 Å². The van der Waals surface area contributed by atoms with Crippen LogP contribution < -0.4 is 5.32 Å².